The smallest absolute Gasteiger partial charge is 0.141 e. The molecule has 0 unspecified atom stereocenters. The van der Waals surface area contributed by atoms with Gasteiger partial charge in [-0.2, -0.15) is 0 Å². The molecular weight excluding hydrogens is 326 g/mol. The third-order valence-electron chi connectivity index (χ3n) is 4.45. The molecule has 2 aromatic rings. The predicted octanol–water partition coefficient (Wildman–Crippen LogP) is 3.60. The van der Waals surface area contributed by atoms with E-state index in [1.807, 2.05) is 25.3 Å². The third kappa shape index (κ3) is 3.58. The van der Waals surface area contributed by atoms with Crippen molar-refractivity contribution in [1.29, 1.82) is 0 Å². The third-order valence-corrected chi connectivity index (χ3v) is 4.45. The molecule has 136 valence electrons. The molecule has 1 aromatic carbocycles. The quantitative estimate of drug-likeness (QED) is 0.636. The highest BCUT2D eigenvalue weighted by molar-refractivity contribution is 5.97. The van der Waals surface area contributed by atoms with Gasteiger partial charge in [0.1, 0.15) is 17.3 Å². The van der Waals surface area contributed by atoms with Crippen molar-refractivity contribution in [2.45, 2.75) is 6.92 Å². The van der Waals surface area contributed by atoms with E-state index >= 15 is 0 Å². The largest absolute Gasteiger partial charge is 0.497 e. The topological polar surface area (TPSA) is 46.6 Å². The number of hydrogen-bond acceptors (Lipinski definition) is 5. The minimum atomic E-state index is 0.641. The number of aromatic nitrogens is 1. The second-order valence-corrected chi connectivity index (χ2v) is 6.16. The van der Waals surface area contributed by atoms with Crippen molar-refractivity contribution in [2.24, 2.45) is 0 Å². The van der Waals surface area contributed by atoms with Crippen molar-refractivity contribution in [1.82, 2.24) is 10.3 Å². The van der Waals surface area contributed by atoms with Gasteiger partial charge in [-0.3, -0.25) is 4.98 Å². The molecule has 0 saturated carbocycles. The Bertz CT molecular complexity index is 852. The van der Waals surface area contributed by atoms with E-state index in [4.69, 9.17) is 14.5 Å². The van der Waals surface area contributed by atoms with E-state index in [9.17, 15) is 0 Å². The number of ether oxygens (including phenoxy) is 2. The van der Waals surface area contributed by atoms with Crippen LogP contribution in [0.5, 0.6) is 11.5 Å². The summed E-state index contributed by atoms with van der Waals surface area (Å²) >= 11 is 0. The lowest BCUT2D eigenvalue weighted by atomic mass is 10.1. The first-order chi connectivity index (χ1) is 12.7. The summed E-state index contributed by atoms with van der Waals surface area (Å²) in [5.41, 5.74) is 2.93. The first kappa shape index (κ1) is 18.0. The van der Waals surface area contributed by atoms with Gasteiger partial charge < -0.3 is 19.7 Å². The lowest BCUT2D eigenvalue weighted by Gasteiger charge is -2.30. The summed E-state index contributed by atoms with van der Waals surface area (Å²) in [5.74, 6) is 2.19. The van der Waals surface area contributed by atoms with Crippen molar-refractivity contribution >= 4 is 16.6 Å². The van der Waals surface area contributed by atoms with E-state index in [-0.39, 0.29) is 0 Å². The summed E-state index contributed by atoms with van der Waals surface area (Å²) in [5, 5.41) is 4.31. The number of nitrogens with zero attached hydrogens (tertiary/aromatic N) is 2. The molecule has 1 N–H and O–H groups in total. The fourth-order valence-corrected chi connectivity index (χ4v) is 3.11. The molecule has 26 heavy (non-hydrogen) atoms. The molecule has 1 aromatic heterocycles. The van der Waals surface area contributed by atoms with Crippen LogP contribution in [0.1, 0.15) is 5.56 Å². The molecule has 0 bridgehead atoms. The first-order valence-corrected chi connectivity index (χ1v) is 8.74. The number of hydrogen-bond donors (Lipinski definition) is 1. The summed E-state index contributed by atoms with van der Waals surface area (Å²) in [6, 6.07) is 4.03. The summed E-state index contributed by atoms with van der Waals surface area (Å²) in [7, 11) is 1.68. The van der Waals surface area contributed by atoms with Crippen LogP contribution in [0.15, 0.2) is 55.5 Å². The van der Waals surface area contributed by atoms with Crippen LogP contribution >= 0.6 is 0 Å². The highest BCUT2D eigenvalue weighted by Crippen LogP contribution is 2.38. The standard InChI is InChI=1S/C21H25N3O2/c1-5-7-16(6-2)26-21-15(3)14-23-20-18(21)12-17(25-4)13-19(20)24-10-8-22-9-11-24/h5-7,12-14,22H,1-2,8-11H2,3-4H3/b16-7+. The van der Waals surface area contributed by atoms with Crippen LogP contribution in [0.4, 0.5) is 5.69 Å². The zero-order chi connectivity index (χ0) is 18.5. The van der Waals surface area contributed by atoms with Gasteiger partial charge in [0.2, 0.25) is 0 Å². The Hall–Kier alpha value is -2.79. The summed E-state index contributed by atoms with van der Waals surface area (Å²) in [4.78, 5) is 7.04. The fourth-order valence-electron chi connectivity index (χ4n) is 3.11. The molecule has 1 saturated heterocycles. The molecule has 0 amide bonds. The second kappa shape index (κ2) is 8.06. The zero-order valence-corrected chi connectivity index (χ0v) is 15.4. The summed E-state index contributed by atoms with van der Waals surface area (Å²) in [6.45, 7) is 13.3. The molecule has 3 rings (SSSR count). The average Bonchev–Trinajstić information content (AvgIpc) is 2.69. The highest BCUT2D eigenvalue weighted by Gasteiger charge is 2.19. The monoisotopic (exact) mass is 351 g/mol. The van der Waals surface area contributed by atoms with E-state index in [1.54, 1.807) is 25.3 Å². The molecule has 5 nitrogen and oxygen atoms in total. The van der Waals surface area contributed by atoms with E-state index in [2.05, 4.69) is 23.4 Å². The van der Waals surface area contributed by atoms with Crippen LogP contribution in [0.2, 0.25) is 0 Å². The lowest BCUT2D eigenvalue weighted by molar-refractivity contribution is 0.414. The number of methoxy groups -OCH3 is 1. The van der Waals surface area contributed by atoms with Crippen LogP contribution in [0.25, 0.3) is 10.9 Å². The van der Waals surface area contributed by atoms with Crippen molar-refractivity contribution in [2.75, 3.05) is 38.2 Å². The number of aryl methyl sites for hydroxylation is 1. The molecule has 5 heteroatoms. The van der Waals surface area contributed by atoms with Gasteiger partial charge in [0.15, 0.2) is 0 Å². The van der Waals surface area contributed by atoms with Crippen LogP contribution in [0, 0.1) is 6.92 Å². The fraction of sp³-hybridized carbons (Fsp3) is 0.286. The van der Waals surface area contributed by atoms with E-state index in [0.29, 0.717) is 5.76 Å². The average molecular weight is 351 g/mol. The van der Waals surface area contributed by atoms with Gasteiger partial charge in [-0.1, -0.05) is 19.2 Å². The SMILES string of the molecule is C=C/C=C(\C=C)Oc1c(C)cnc2c(N3CCNCC3)cc(OC)cc12. The molecule has 0 atom stereocenters. The Morgan fingerprint density at radius 3 is 2.69 bits per heavy atom. The number of pyridine rings is 1. The molecule has 1 aliphatic heterocycles. The van der Waals surface area contributed by atoms with Crippen molar-refractivity contribution < 1.29 is 9.47 Å². The van der Waals surface area contributed by atoms with E-state index in [1.165, 1.54) is 0 Å². The maximum absolute atomic E-state index is 6.14. The molecule has 0 aliphatic carbocycles. The Kier molecular flexibility index (Phi) is 5.58. The number of allylic oxidation sites excluding steroid dienone is 3. The molecule has 1 aliphatic rings. The maximum atomic E-state index is 6.14. The van der Waals surface area contributed by atoms with E-state index < -0.39 is 0 Å². The lowest BCUT2D eigenvalue weighted by Crippen LogP contribution is -2.43. The maximum Gasteiger partial charge on any atom is 0.141 e. The molecule has 2 heterocycles. The van der Waals surface area contributed by atoms with Crippen LogP contribution in [-0.2, 0) is 0 Å². The van der Waals surface area contributed by atoms with Crippen LogP contribution in [-0.4, -0.2) is 38.3 Å². The van der Waals surface area contributed by atoms with Gasteiger partial charge in [0.05, 0.1) is 18.3 Å². The minimum absolute atomic E-state index is 0.641. The van der Waals surface area contributed by atoms with Gasteiger partial charge in [-0.25, -0.2) is 0 Å². The second-order valence-electron chi connectivity index (χ2n) is 6.16. The number of nitrogens with one attached hydrogen (secondary N) is 1. The molecule has 0 spiro atoms. The predicted molar refractivity (Wildman–Crippen MR) is 107 cm³/mol. The summed E-state index contributed by atoms with van der Waals surface area (Å²) in [6.07, 6.45) is 6.99. The van der Waals surface area contributed by atoms with Crippen LogP contribution < -0.4 is 19.7 Å². The number of rotatable bonds is 6. The van der Waals surface area contributed by atoms with Gasteiger partial charge in [0, 0.05) is 49.4 Å². The Morgan fingerprint density at radius 1 is 1.27 bits per heavy atom. The Morgan fingerprint density at radius 2 is 2.04 bits per heavy atom. The number of fused-ring (bicyclic) bond motifs is 1. The minimum Gasteiger partial charge on any atom is -0.497 e. The number of anilines is 1. The normalized spacial score (nSPS) is 15.0. The number of piperazine rings is 1. The number of benzene rings is 1. The van der Waals surface area contributed by atoms with Gasteiger partial charge in [-0.05, 0) is 25.1 Å². The molecule has 0 radical (unpaired) electrons. The van der Waals surface area contributed by atoms with Crippen LogP contribution in [0.3, 0.4) is 0 Å². The van der Waals surface area contributed by atoms with Crippen molar-refractivity contribution in [3.8, 4) is 11.5 Å². The zero-order valence-electron chi connectivity index (χ0n) is 15.4. The van der Waals surface area contributed by atoms with Gasteiger partial charge in [0.25, 0.3) is 0 Å². The molecular formula is C21H25N3O2. The Balaban J connectivity index is 2.18. The van der Waals surface area contributed by atoms with Crippen molar-refractivity contribution in [3.63, 3.8) is 0 Å². The highest BCUT2D eigenvalue weighted by atomic mass is 16.5. The van der Waals surface area contributed by atoms with E-state index in [0.717, 1.165) is 59.8 Å². The Labute approximate surface area is 154 Å². The molecule has 1 fully saturated rings. The first-order valence-electron chi connectivity index (χ1n) is 8.74. The summed E-state index contributed by atoms with van der Waals surface area (Å²) < 4.78 is 11.7. The van der Waals surface area contributed by atoms with Crippen molar-refractivity contribution in [3.05, 3.63) is 61.0 Å². The van der Waals surface area contributed by atoms with Gasteiger partial charge >= 0.3 is 0 Å². The van der Waals surface area contributed by atoms with Gasteiger partial charge in [-0.15, -0.1) is 0 Å².